The number of halogens is 3. The van der Waals surface area contributed by atoms with Crippen LogP contribution in [0.2, 0.25) is 0 Å². The molecule has 0 fully saturated rings. The lowest BCUT2D eigenvalue weighted by Crippen LogP contribution is -2.05. The molecule has 130 valence electrons. The van der Waals surface area contributed by atoms with Gasteiger partial charge in [0, 0.05) is 36.7 Å². The first kappa shape index (κ1) is 17.2. The monoisotopic (exact) mass is 347 g/mol. The van der Waals surface area contributed by atoms with E-state index in [-0.39, 0.29) is 6.61 Å². The van der Waals surface area contributed by atoms with Crippen LogP contribution >= 0.6 is 0 Å². The second kappa shape index (κ2) is 7.06. The Morgan fingerprint density at radius 3 is 2.40 bits per heavy atom. The van der Waals surface area contributed by atoms with Crippen LogP contribution in [0.1, 0.15) is 12.0 Å². The van der Waals surface area contributed by atoms with Crippen molar-refractivity contribution < 1.29 is 18.3 Å². The molecule has 0 unspecified atom stereocenters. The lowest BCUT2D eigenvalue weighted by atomic mass is 10.1. The zero-order valence-electron chi connectivity index (χ0n) is 13.2. The van der Waals surface area contributed by atoms with Gasteiger partial charge in [-0.1, -0.05) is 18.2 Å². The molecule has 25 heavy (non-hydrogen) atoms. The van der Waals surface area contributed by atoms with E-state index in [1.165, 1.54) is 6.07 Å². The van der Waals surface area contributed by atoms with Crippen molar-refractivity contribution in [3.63, 3.8) is 0 Å². The lowest BCUT2D eigenvalue weighted by Gasteiger charge is -2.07. The van der Waals surface area contributed by atoms with E-state index < -0.39 is 11.7 Å². The second-order valence-electron chi connectivity index (χ2n) is 5.55. The predicted octanol–water partition coefficient (Wildman–Crippen LogP) is 4.01. The van der Waals surface area contributed by atoms with E-state index in [1.807, 2.05) is 30.5 Å². The minimum absolute atomic E-state index is 0.101. The van der Waals surface area contributed by atoms with Crippen molar-refractivity contribution in [2.75, 3.05) is 6.61 Å². The van der Waals surface area contributed by atoms with Gasteiger partial charge < -0.3 is 5.11 Å². The number of hydrogen-bond donors (Lipinski definition) is 1. The Hall–Kier alpha value is -2.67. The largest absolute Gasteiger partial charge is 0.417 e. The van der Waals surface area contributed by atoms with Crippen LogP contribution in [0, 0.1) is 0 Å². The summed E-state index contributed by atoms with van der Waals surface area (Å²) in [5, 5.41) is 13.3. The Labute approximate surface area is 142 Å². The van der Waals surface area contributed by atoms with E-state index in [0.717, 1.165) is 29.1 Å². The minimum Gasteiger partial charge on any atom is -0.396 e. The highest BCUT2D eigenvalue weighted by Gasteiger charge is 2.30. The first-order valence-corrected chi connectivity index (χ1v) is 7.76. The maximum absolute atomic E-state index is 12.6. The van der Waals surface area contributed by atoms with Gasteiger partial charge in [-0.2, -0.15) is 18.3 Å². The summed E-state index contributed by atoms with van der Waals surface area (Å²) >= 11 is 0. The molecule has 1 N–H and O–H groups in total. The predicted molar refractivity (Wildman–Crippen MR) is 87.6 cm³/mol. The molecular weight excluding hydrogens is 331 g/mol. The molecular formula is C18H16F3N3O. The van der Waals surface area contributed by atoms with Gasteiger partial charge in [0.2, 0.25) is 0 Å². The summed E-state index contributed by atoms with van der Waals surface area (Å²) in [6.07, 6.45) is -1.11. The highest BCUT2D eigenvalue weighted by Crippen LogP contribution is 2.30. The van der Waals surface area contributed by atoms with Crippen molar-refractivity contribution >= 4 is 0 Å². The van der Waals surface area contributed by atoms with Crippen LogP contribution in [0.4, 0.5) is 13.2 Å². The number of nitrogens with zero attached hydrogens (tertiary/aromatic N) is 3. The zero-order valence-corrected chi connectivity index (χ0v) is 13.2. The molecule has 0 atom stereocenters. The van der Waals surface area contributed by atoms with Crippen molar-refractivity contribution in [1.82, 2.24) is 14.8 Å². The highest BCUT2D eigenvalue weighted by atomic mass is 19.4. The fraction of sp³-hybridized carbons (Fsp3) is 0.222. The number of rotatable bonds is 5. The Bertz CT molecular complexity index is 841. The lowest BCUT2D eigenvalue weighted by molar-refractivity contribution is -0.137. The number of pyridine rings is 1. The summed E-state index contributed by atoms with van der Waals surface area (Å²) in [5.74, 6) is 0. The molecule has 7 heteroatoms. The Kier molecular flexibility index (Phi) is 4.85. The Balaban J connectivity index is 1.85. The van der Waals surface area contributed by atoms with Gasteiger partial charge in [0.1, 0.15) is 0 Å². The first-order valence-electron chi connectivity index (χ1n) is 7.76. The number of benzene rings is 1. The van der Waals surface area contributed by atoms with Crippen LogP contribution in [0.5, 0.6) is 0 Å². The third-order valence-electron chi connectivity index (χ3n) is 3.73. The topological polar surface area (TPSA) is 50.9 Å². The van der Waals surface area contributed by atoms with E-state index in [9.17, 15) is 13.2 Å². The van der Waals surface area contributed by atoms with Crippen molar-refractivity contribution in [3.8, 4) is 22.5 Å². The van der Waals surface area contributed by atoms with Crippen molar-refractivity contribution in [1.29, 1.82) is 0 Å². The van der Waals surface area contributed by atoms with Gasteiger partial charge in [-0.25, -0.2) is 0 Å². The number of aliphatic hydroxyl groups excluding tert-OH is 1. The molecule has 0 saturated heterocycles. The van der Waals surface area contributed by atoms with E-state index in [2.05, 4.69) is 10.1 Å². The maximum atomic E-state index is 12.6. The van der Waals surface area contributed by atoms with Crippen LogP contribution in [0.3, 0.4) is 0 Å². The van der Waals surface area contributed by atoms with Gasteiger partial charge in [-0.15, -0.1) is 0 Å². The van der Waals surface area contributed by atoms with Gasteiger partial charge in [-0.3, -0.25) is 9.67 Å². The molecule has 0 bridgehead atoms. The van der Waals surface area contributed by atoms with Crippen molar-refractivity contribution in [3.05, 3.63) is 60.4 Å². The molecule has 0 spiro atoms. The van der Waals surface area contributed by atoms with Crippen LogP contribution in [-0.4, -0.2) is 26.5 Å². The third kappa shape index (κ3) is 4.06. The third-order valence-corrected chi connectivity index (χ3v) is 3.73. The van der Waals surface area contributed by atoms with Crippen LogP contribution in [0.25, 0.3) is 22.5 Å². The van der Waals surface area contributed by atoms with Crippen molar-refractivity contribution in [2.45, 2.75) is 19.1 Å². The molecule has 2 heterocycles. The number of aryl methyl sites for hydroxylation is 1. The normalized spacial score (nSPS) is 11.7. The molecule has 3 rings (SSSR count). The average molecular weight is 347 g/mol. The Morgan fingerprint density at radius 2 is 1.76 bits per heavy atom. The summed E-state index contributed by atoms with van der Waals surface area (Å²) in [7, 11) is 0. The van der Waals surface area contributed by atoms with Gasteiger partial charge in [-0.05, 0) is 30.7 Å². The van der Waals surface area contributed by atoms with E-state index >= 15 is 0 Å². The fourth-order valence-electron chi connectivity index (χ4n) is 2.44. The van der Waals surface area contributed by atoms with Crippen molar-refractivity contribution in [2.24, 2.45) is 0 Å². The molecule has 0 aliphatic heterocycles. The van der Waals surface area contributed by atoms with Gasteiger partial charge >= 0.3 is 6.18 Å². The standard InChI is InChI=1S/C18H16F3N3O/c19-18(20,21)15-5-6-16(22-12-15)13-3-1-4-14(11-13)17-7-9-24(23-17)8-2-10-25/h1,3-7,9,11-12,25H,2,8,10H2. The summed E-state index contributed by atoms with van der Waals surface area (Å²) in [6, 6.07) is 11.6. The molecule has 1 aromatic carbocycles. The molecule has 0 radical (unpaired) electrons. The fourth-order valence-corrected chi connectivity index (χ4v) is 2.44. The number of aromatic nitrogens is 3. The quantitative estimate of drug-likeness (QED) is 0.759. The summed E-state index contributed by atoms with van der Waals surface area (Å²) in [5.41, 5.74) is 2.02. The molecule has 3 aromatic rings. The molecule has 0 amide bonds. The zero-order chi connectivity index (χ0) is 17.9. The molecule has 4 nitrogen and oxygen atoms in total. The smallest absolute Gasteiger partial charge is 0.396 e. The van der Waals surface area contributed by atoms with Crippen LogP contribution in [0.15, 0.2) is 54.9 Å². The molecule has 0 aliphatic carbocycles. The Morgan fingerprint density at radius 1 is 1.00 bits per heavy atom. The maximum Gasteiger partial charge on any atom is 0.417 e. The number of aliphatic hydroxyl groups is 1. The van der Waals surface area contributed by atoms with Crippen LogP contribution < -0.4 is 0 Å². The highest BCUT2D eigenvalue weighted by molar-refractivity contribution is 5.69. The SMILES string of the molecule is OCCCn1ccc(-c2cccc(-c3ccc(C(F)(F)F)cn3)c2)n1. The minimum atomic E-state index is -4.39. The second-order valence-corrected chi connectivity index (χ2v) is 5.55. The summed E-state index contributed by atoms with van der Waals surface area (Å²) in [6.45, 7) is 0.723. The molecule has 0 saturated carbocycles. The number of alkyl halides is 3. The van der Waals surface area contributed by atoms with E-state index in [4.69, 9.17) is 5.11 Å². The average Bonchev–Trinajstić information content (AvgIpc) is 3.08. The van der Waals surface area contributed by atoms with E-state index in [1.54, 1.807) is 10.7 Å². The molecule has 2 aromatic heterocycles. The summed E-state index contributed by atoms with van der Waals surface area (Å²) < 4.78 is 39.6. The van der Waals surface area contributed by atoms with Gasteiger partial charge in [0.15, 0.2) is 0 Å². The first-order chi connectivity index (χ1) is 12.0. The van der Waals surface area contributed by atoms with E-state index in [0.29, 0.717) is 18.7 Å². The van der Waals surface area contributed by atoms with Crippen LogP contribution in [-0.2, 0) is 12.7 Å². The summed E-state index contributed by atoms with van der Waals surface area (Å²) in [4.78, 5) is 3.92. The molecule has 0 aliphatic rings. The van der Waals surface area contributed by atoms with Gasteiger partial charge in [0.05, 0.1) is 17.0 Å². The number of hydrogen-bond acceptors (Lipinski definition) is 3. The van der Waals surface area contributed by atoms with Gasteiger partial charge in [0.25, 0.3) is 0 Å².